The molecule has 7 heteroatoms. The molecule has 0 amide bonds. The Morgan fingerprint density at radius 3 is 1.56 bits per heavy atom. The first kappa shape index (κ1) is 25.2. The molecule has 0 aliphatic heterocycles. The van der Waals surface area contributed by atoms with E-state index in [0.717, 1.165) is 50.4 Å². The van der Waals surface area contributed by atoms with Crippen molar-refractivity contribution < 1.29 is 8.83 Å². The molecule has 0 atom stereocenters. The summed E-state index contributed by atoms with van der Waals surface area (Å²) < 4.78 is 13.2. The molecule has 9 rings (SSSR count). The Labute approximate surface area is 257 Å². The predicted octanol–water partition coefficient (Wildman–Crippen LogP) is 9.37. The number of nitrogens with zero attached hydrogens (tertiary/aromatic N) is 5. The zero-order valence-corrected chi connectivity index (χ0v) is 23.8. The number of fused-ring (bicyclic) bond motifs is 4. The Morgan fingerprint density at radius 2 is 1.02 bits per heavy atom. The van der Waals surface area contributed by atoms with E-state index in [1.165, 1.54) is 34.3 Å². The molecule has 0 fully saturated rings. The molecule has 4 aromatic carbocycles. The molecule has 0 unspecified atom stereocenters. The van der Waals surface area contributed by atoms with Gasteiger partial charge in [-0.1, -0.05) is 72.8 Å². The molecular weight excluding hydrogens is 558 g/mol. The maximum Gasteiger partial charge on any atom is 0.181 e. The summed E-state index contributed by atoms with van der Waals surface area (Å²) in [5.74, 6) is 1.29. The Bertz CT molecular complexity index is 2320. The van der Waals surface area contributed by atoms with Crippen LogP contribution in [0.4, 0.5) is 0 Å². The van der Waals surface area contributed by atoms with Gasteiger partial charge in [0.05, 0.1) is 29.1 Å². The van der Waals surface area contributed by atoms with Gasteiger partial charge in [-0.25, -0.2) is 9.97 Å². The van der Waals surface area contributed by atoms with Gasteiger partial charge in [-0.05, 0) is 46.8 Å². The van der Waals surface area contributed by atoms with Crippen LogP contribution >= 0.6 is 0 Å². The van der Waals surface area contributed by atoms with Gasteiger partial charge >= 0.3 is 0 Å². The molecule has 9 aromatic rings. The van der Waals surface area contributed by atoms with Gasteiger partial charge in [0.2, 0.25) is 0 Å². The van der Waals surface area contributed by atoms with Crippen LogP contribution in [-0.2, 0) is 0 Å². The number of hydrogen-bond acceptors (Lipinski definition) is 6. The fraction of sp³-hybridized carbons (Fsp3) is 0. The van der Waals surface area contributed by atoms with Gasteiger partial charge in [0.15, 0.2) is 24.3 Å². The van der Waals surface area contributed by atoms with Crippen LogP contribution in [0, 0.1) is 0 Å². The second kappa shape index (κ2) is 10.1. The van der Waals surface area contributed by atoms with Crippen molar-refractivity contribution in [3.8, 4) is 50.8 Å². The van der Waals surface area contributed by atoms with Crippen molar-refractivity contribution in [1.82, 2.24) is 24.5 Å². The van der Waals surface area contributed by atoms with E-state index < -0.39 is 0 Å². The van der Waals surface area contributed by atoms with Crippen LogP contribution in [0.1, 0.15) is 0 Å². The molecule has 5 aromatic heterocycles. The van der Waals surface area contributed by atoms with Gasteiger partial charge in [0.25, 0.3) is 0 Å². The summed E-state index contributed by atoms with van der Waals surface area (Å²) in [5, 5.41) is 4.74. The normalized spacial score (nSPS) is 11.6. The second-order valence-corrected chi connectivity index (χ2v) is 10.9. The number of pyridine rings is 2. The highest BCUT2D eigenvalue weighted by molar-refractivity contribution is 6.12. The minimum atomic E-state index is 0.645. The number of rotatable bonds is 5. The van der Waals surface area contributed by atoms with Crippen LogP contribution in [0.15, 0.2) is 150 Å². The third-order valence-electron chi connectivity index (χ3n) is 8.34. The van der Waals surface area contributed by atoms with Gasteiger partial charge < -0.3 is 13.4 Å². The predicted molar refractivity (Wildman–Crippen MR) is 176 cm³/mol. The third-order valence-corrected chi connectivity index (χ3v) is 8.34. The minimum absolute atomic E-state index is 0.645. The molecule has 45 heavy (non-hydrogen) atoms. The van der Waals surface area contributed by atoms with Crippen LogP contribution in [0.3, 0.4) is 0 Å². The monoisotopic (exact) mass is 581 g/mol. The van der Waals surface area contributed by atoms with E-state index in [2.05, 4.69) is 115 Å². The third kappa shape index (κ3) is 4.21. The molecule has 212 valence electrons. The molecule has 0 radical (unpaired) electrons. The summed E-state index contributed by atoms with van der Waals surface area (Å²) >= 11 is 0. The van der Waals surface area contributed by atoms with Gasteiger partial charge in [-0.15, -0.1) is 0 Å². The van der Waals surface area contributed by atoms with Gasteiger partial charge in [-0.3, -0.25) is 9.97 Å². The van der Waals surface area contributed by atoms with E-state index >= 15 is 0 Å². The van der Waals surface area contributed by atoms with E-state index in [1.807, 2.05) is 24.5 Å². The van der Waals surface area contributed by atoms with Gasteiger partial charge in [0.1, 0.15) is 11.4 Å². The second-order valence-electron chi connectivity index (χ2n) is 10.9. The van der Waals surface area contributed by atoms with E-state index in [1.54, 1.807) is 12.4 Å². The summed E-state index contributed by atoms with van der Waals surface area (Å²) in [6, 6.07) is 36.4. The smallest absolute Gasteiger partial charge is 0.181 e. The van der Waals surface area contributed by atoms with E-state index in [0.29, 0.717) is 11.5 Å². The Hall–Kier alpha value is -6.34. The fourth-order valence-electron chi connectivity index (χ4n) is 6.15. The minimum Gasteiger partial charge on any atom is -0.442 e. The lowest BCUT2D eigenvalue weighted by Gasteiger charge is -2.13. The molecule has 0 bridgehead atoms. The molecule has 0 spiro atoms. The highest BCUT2D eigenvalue weighted by Gasteiger charge is 2.17. The molecule has 5 heterocycles. The highest BCUT2D eigenvalue weighted by Crippen LogP contribution is 2.38. The average molecular weight is 582 g/mol. The van der Waals surface area contributed by atoms with Crippen LogP contribution < -0.4 is 0 Å². The van der Waals surface area contributed by atoms with Crippen LogP contribution in [-0.4, -0.2) is 24.5 Å². The summed E-state index contributed by atoms with van der Waals surface area (Å²) in [6.07, 6.45) is 9.95. The van der Waals surface area contributed by atoms with Crippen molar-refractivity contribution in [1.29, 1.82) is 0 Å². The Balaban J connectivity index is 1.24. The Morgan fingerprint density at radius 1 is 0.467 bits per heavy atom. The van der Waals surface area contributed by atoms with Crippen molar-refractivity contribution in [2.24, 2.45) is 0 Å². The number of oxazole rings is 2. The molecule has 0 aliphatic carbocycles. The molecular formula is C38H23N5O2. The first-order valence-electron chi connectivity index (χ1n) is 14.6. The van der Waals surface area contributed by atoms with Crippen molar-refractivity contribution in [3.63, 3.8) is 0 Å². The van der Waals surface area contributed by atoms with E-state index in [-0.39, 0.29) is 0 Å². The van der Waals surface area contributed by atoms with E-state index in [9.17, 15) is 0 Å². The summed E-state index contributed by atoms with van der Waals surface area (Å²) in [6.45, 7) is 0. The SMILES string of the molecule is c1ccc2c(-n3c4cc(-c5ccc(-c6cnco6)nc5)ccc4c4ccc(-c5ccc(-c6cnco6)nc5)cc43)cccc2c1. The fourth-order valence-corrected chi connectivity index (χ4v) is 6.15. The quantitative estimate of drug-likeness (QED) is 0.201. The first-order valence-corrected chi connectivity index (χ1v) is 14.6. The molecule has 0 saturated heterocycles. The van der Waals surface area contributed by atoms with Crippen LogP contribution in [0.2, 0.25) is 0 Å². The zero-order chi connectivity index (χ0) is 29.7. The largest absolute Gasteiger partial charge is 0.442 e. The lowest BCUT2D eigenvalue weighted by molar-refractivity contribution is 0.569. The maximum absolute atomic E-state index is 5.43. The lowest BCUT2D eigenvalue weighted by atomic mass is 10.0. The van der Waals surface area contributed by atoms with Crippen LogP contribution in [0.25, 0.3) is 83.4 Å². The molecule has 0 N–H and O–H groups in total. The number of hydrogen-bond donors (Lipinski definition) is 0. The van der Waals surface area contributed by atoms with Gasteiger partial charge in [-0.2, -0.15) is 0 Å². The van der Waals surface area contributed by atoms with Gasteiger partial charge in [0, 0.05) is 39.7 Å². The van der Waals surface area contributed by atoms with E-state index in [4.69, 9.17) is 8.83 Å². The molecule has 0 aliphatic rings. The maximum atomic E-state index is 5.43. The summed E-state index contributed by atoms with van der Waals surface area (Å²) in [5.41, 5.74) is 9.06. The molecule has 0 saturated carbocycles. The zero-order valence-electron chi connectivity index (χ0n) is 23.8. The molecule has 7 nitrogen and oxygen atoms in total. The van der Waals surface area contributed by atoms with Crippen molar-refractivity contribution in [2.45, 2.75) is 0 Å². The van der Waals surface area contributed by atoms with Crippen molar-refractivity contribution in [3.05, 3.63) is 141 Å². The number of aromatic nitrogens is 5. The van der Waals surface area contributed by atoms with Crippen LogP contribution in [0.5, 0.6) is 0 Å². The first-order chi connectivity index (χ1) is 22.3. The lowest BCUT2D eigenvalue weighted by Crippen LogP contribution is -1.96. The average Bonchev–Trinajstić information content (AvgIpc) is 3.89. The standard InChI is InChI=1S/C38H23N5O2/c1-2-6-29-24(4-1)5-3-7-34(29)43-35-16-25(27-10-14-32(41-18-27)37-20-39-22-44-37)8-12-30(35)31-13-9-26(17-36(31)43)28-11-15-33(42-19-28)38-21-40-23-45-38/h1-23H. The highest BCUT2D eigenvalue weighted by atomic mass is 16.3. The summed E-state index contributed by atoms with van der Waals surface area (Å²) in [4.78, 5) is 17.3. The summed E-state index contributed by atoms with van der Waals surface area (Å²) in [7, 11) is 0. The number of benzene rings is 4. The van der Waals surface area contributed by atoms with Crippen molar-refractivity contribution >= 4 is 32.6 Å². The Kier molecular flexibility index (Phi) is 5.67. The topological polar surface area (TPSA) is 82.8 Å². The van der Waals surface area contributed by atoms with Crippen molar-refractivity contribution in [2.75, 3.05) is 0 Å².